The number of benzene rings is 2. The van der Waals surface area contributed by atoms with E-state index in [4.69, 9.17) is 0 Å². The van der Waals surface area contributed by atoms with Crippen molar-refractivity contribution in [2.24, 2.45) is 0 Å². The minimum atomic E-state index is -0.286. The molecule has 1 saturated heterocycles. The molecule has 5 nitrogen and oxygen atoms in total. The van der Waals surface area contributed by atoms with Gasteiger partial charge in [-0.1, -0.05) is 18.2 Å². The SMILES string of the molecule is O=C(/C=C/N1CCN(c2ccccc2)CC1)c1ccc(O)c(O)c1. The molecule has 0 radical (unpaired) electrons. The standard InChI is InChI=1S/C19H20N2O3/c22-17(15-6-7-18(23)19(24)14-15)8-9-20-10-12-21(13-11-20)16-4-2-1-3-5-16/h1-9,14,23-24H,10-13H2/b9-8+. The van der Waals surface area contributed by atoms with E-state index >= 15 is 0 Å². The van der Waals surface area contributed by atoms with Crippen LogP contribution < -0.4 is 4.90 Å². The van der Waals surface area contributed by atoms with Crippen LogP contribution in [0.1, 0.15) is 10.4 Å². The lowest BCUT2D eigenvalue weighted by molar-refractivity contribution is 0.104. The van der Waals surface area contributed by atoms with Crippen LogP contribution in [0.15, 0.2) is 60.8 Å². The number of carbonyl (C=O) groups excluding carboxylic acids is 1. The highest BCUT2D eigenvalue weighted by Gasteiger charge is 2.15. The molecule has 0 saturated carbocycles. The van der Waals surface area contributed by atoms with Gasteiger partial charge in [0.2, 0.25) is 0 Å². The summed E-state index contributed by atoms with van der Waals surface area (Å²) in [6, 6.07) is 14.4. The number of aromatic hydroxyl groups is 2. The van der Waals surface area contributed by atoms with E-state index in [1.807, 2.05) is 18.2 Å². The maximum atomic E-state index is 12.1. The Kier molecular flexibility index (Phi) is 4.70. The topological polar surface area (TPSA) is 64.0 Å². The highest BCUT2D eigenvalue weighted by Crippen LogP contribution is 2.25. The molecule has 0 aromatic heterocycles. The van der Waals surface area contributed by atoms with Crippen LogP contribution in [0.4, 0.5) is 5.69 Å². The summed E-state index contributed by atoms with van der Waals surface area (Å²) in [6.45, 7) is 3.50. The molecule has 1 aliphatic heterocycles. The highest BCUT2D eigenvalue weighted by atomic mass is 16.3. The molecule has 5 heteroatoms. The Labute approximate surface area is 141 Å². The smallest absolute Gasteiger partial charge is 0.187 e. The first-order valence-corrected chi connectivity index (χ1v) is 7.92. The second kappa shape index (κ2) is 7.08. The summed E-state index contributed by atoms with van der Waals surface area (Å²) in [7, 11) is 0. The number of allylic oxidation sites excluding steroid dienone is 1. The van der Waals surface area contributed by atoms with Gasteiger partial charge < -0.3 is 20.0 Å². The fourth-order valence-corrected chi connectivity index (χ4v) is 2.71. The fraction of sp³-hybridized carbons (Fsp3) is 0.211. The van der Waals surface area contributed by atoms with Crippen molar-refractivity contribution in [2.75, 3.05) is 31.1 Å². The van der Waals surface area contributed by atoms with E-state index in [1.54, 1.807) is 6.20 Å². The molecule has 0 atom stereocenters. The van der Waals surface area contributed by atoms with Gasteiger partial charge in [-0.3, -0.25) is 4.79 Å². The van der Waals surface area contributed by atoms with Gasteiger partial charge in [-0.25, -0.2) is 0 Å². The number of para-hydroxylation sites is 1. The molecule has 1 heterocycles. The Balaban J connectivity index is 1.56. The Hall–Kier alpha value is -2.95. The molecule has 24 heavy (non-hydrogen) atoms. The van der Waals surface area contributed by atoms with E-state index in [0.29, 0.717) is 5.56 Å². The molecule has 0 bridgehead atoms. The summed E-state index contributed by atoms with van der Waals surface area (Å²) >= 11 is 0. The van der Waals surface area contributed by atoms with Gasteiger partial charge >= 0.3 is 0 Å². The molecular weight excluding hydrogens is 304 g/mol. The van der Waals surface area contributed by atoms with Gasteiger partial charge in [-0.05, 0) is 30.3 Å². The van der Waals surface area contributed by atoms with Crippen molar-refractivity contribution in [3.63, 3.8) is 0 Å². The quantitative estimate of drug-likeness (QED) is 0.514. The normalized spacial score (nSPS) is 15.0. The predicted molar refractivity (Wildman–Crippen MR) is 93.5 cm³/mol. The molecule has 124 valence electrons. The summed E-state index contributed by atoms with van der Waals surface area (Å²) in [5.74, 6) is -0.714. The van der Waals surface area contributed by atoms with Crippen molar-refractivity contribution >= 4 is 11.5 Å². The van der Waals surface area contributed by atoms with Crippen molar-refractivity contribution in [3.05, 3.63) is 66.4 Å². The van der Waals surface area contributed by atoms with Crippen LogP contribution in [-0.2, 0) is 0 Å². The van der Waals surface area contributed by atoms with E-state index in [2.05, 4.69) is 21.9 Å². The number of piperazine rings is 1. The van der Waals surface area contributed by atoms with Crippen LogP contribution in [0.3, 0.4) is 0 Å². The zero-order chi connectivity index (χ0) is 16.9. The van der Waals surface area contributed by atoms with E-state index < -0.39 is 0 Å². The van der Waals surface area contributed by atoms with Crippen LogP contribution in [0.25, 0.3) is 0 Å². The van der Waals surface area contributed by atoms with Crippen molar-refractivity contribution in [3.8, 4) is 11.5 Å². The summed E-state index contributed by atoms with van der Waals surface area (Å²) in [6.07, 6.45) is 3.30. The molecule has 0 spiro atoms. The minimum Gasteiger partial charge on any atom is -0.504 e. The van der Waals surface area contributed by atoms with Gasteiger partial charge in [-0.15, -0.1) is 0 Å². The molecule has 1 fully saturated rings. The van der Waals surface area contributed by atoms with Crippen LogP contribution >= 0.6 is 0 Å². The minimum absolute atomic E-state index is 0.198. The van der Waals surface area contributed by atoms with E-state index in [0.717, 1.165) is 26.2 Å². The van der Waals surface area contributed by atoms with Crippen LogP contribution in [0.2, 0.25) is 0 Å². The van der Waals surface area contributed by atoms with Crippen molar-refractivity contribution in [2.45, 2.75) is 0 Å². The lowest BCUT2D eigenvalue weighted by Crippen LogP contribution is -2.44. The molecule has 2 aromatic rings. The van der Waals surface area contributed by atoms with Gasteiger partial charge in [0.25, 0.3) is 0 Å². The summed E-state index contributed by atoms with van der Waals surface area (Å²) < 4.78 is 0. The number of phenols is 2. The Morgan fingerprint density at radius 1 is 0.917 bits per heavy atom. The summed E-state index contributed by atoms with van der Waals surface area (Å²) in [4.78, 5) is 16.6. The molecular formula is C19H20N2O3. The van der Waals surface area contributed by atoms with E-state index in [-0.39, 0.29) is 17.3 Å². The zero-order valence-corrected chi connectivity index (χ0v) is 13.3. The molecule has 0 unspecified atom stereocenters. The van der Waals surface area contributed by atoms with Crippen molar-refractivity contribution in [1.82, 2.24) is 4.90 Å². The Morgan fingerprint density at radius 2 is 1.62 bits per heavy atom. The third-order valence-corrected chi connectivity index (χ3v) is 4.13. The average Bonchev–Trinajstić information content (AvgIpc) is 2.63. The summed E-state index contributed by atoms with van der Waals surface area (Å²) in [5.41, 5.74) is 1.57. The van der Waals surface area contributed by atoms with Gasteiger partial charge in [-0.2, -0.15) is 0 Å². The summed E-state index contributed by atoms with van der Waals surface area (Å²) in [5, 5.41) is 18.7. The second-order valence-corrected chi connectivity index (χ2v) is 5.74. The fourth-order valence-electron chi connectivity index (χ4n) is 2.71. The average molecular weight is 324 g/mol. The number of carbonyl (C=O) groups is 1. The van der Waals surface area contributed by atoms with Crippen LogP contribution in [-0.4, -0.2) is 47.1 Å². The maximum absolute atomic E-state index is 12.1. The number of nitrogens with zero attached hydrogens (tertiary/aromatic N) is 2. The predicted octanol–water partition coefficient (Wildman–Crippen LogP) is 2.62. The zero-order valence-electron chi connectivity index (χ0n) is 13.3. The number of ketones is 1. The maximum Gasteiger partial charge on any atom is 0.187 e. The van der Waals surface area contributed by atoms with E-state index in [9.17, 15) is 15.0 Å². The monoisotopic (exact) mass is 324 g/mol. The van der Waals surface area contributed by atoms with Gasteiger partial charge in [0.05, 0.1) is 0 Å². The van der Waals surface area contributed by atoms with Crippen LogP contribution in [0, 0.1) is 0 Å². The second-order valence-electron chi connectivity index (χ2n) is 5.74. The van der Waals surface area contributed by atoms with Gasteiger partial charge in [0.1, 0.15) is 0 Å². The first-order valence-electron chi connectivity index (χ1n) is 7.92. The van der Waals surface area contributed by atoms with Gasteiger partial charge in [0, 0.05) is 49.7 Å². The molecule has 1 aliphatic rings. The molecule has 0 aliphatic carbocycles. The third kappa shape index (κ3) is 3.68. The van der Waals surface area contributed by atoms with Crippen molar-refractivity contribution < 1.29 is 15.0 Å². The molecule has 2 N–H and O–H groups in total. The molecule has 0 amide bonds. The number of hydrogen-bond acceptors (Lipinski definition) is 5. The lowest BCUT2D eigenvalue weighted by atomic mass is 10.1. The Bertz CT molecular complexity index is 736. The van der Waals surface area contributed by atoms with Gasteiger partial charge in [0.15, 0.2) is 17.3 Å². The van der Waals surface area contributed by atoms with E-state index in [1.165, 1.54) is 30.0 Å². The Morgan fingerprint density at radius 3 is 2.29 bits per heavy atom. The largest absolute Gasteiger partial charge is 0.504 e. The number of anilines is 1. The highest BCUT2D eigenvalue weighted by molar-refractivity contribution is 6.04. The first-order chi connectivity index (χ1) is 11.6. The number of rotatable bonds is 4. The first kappa shape index (κ1) is 15.9. The third-order valence-electron chi connectivity index (χ3n) is 4.13. The molecule has 2 aromatic carbocycles. The lowest BCUT2D eigenvalue weighted by Gasteiger charge is -2.35. The van der Waals surface area contributed by atoms with Crippen LogP contribution in [0.5, 0.6) is 11.5 Å². The van der Waals surface area contributed by atoms with Crippen molar-refractivity contribution in [1.29, 1.82) is 0 Å². The number of phenolic OH excluding ortho intramolecular Hbond substituents is 2. The molecule has 3 rings (SSSR count). The number of hydrogen-bond donors (Lipinski definition) is 2.